The normalized spacial score (nSPS) is 49.2. The van der Waals surface area contributed by atoms with Crippen molar-refractivity contribution in [1.82, 2.24) is 0 Å². The quantitative estimate of drug-likeness (QED) is 0.661. The fourth-order valence-electron chi connectivity index (χ4n) is 3.23. The molecular formula is C12H19NS. The largest absolute Gasteiger partial charge is 0.198 e. The lowest BCUT2D eigenvalue weighted by molar-refractivity contribution is 0.335. The van der Waals surface area contributed by atoms with Gasteiger partial charge in [0.2, 0.25) is 0 Å². The maximum atomic E-state index is 9.20. The van der Waals surface area contributed by atoms with E-state index in [0.29, 0.717) is 5.41 Å². The van der Waals surface area contributed by atoms with Crippen LogP contribution in [0.4, 0.5) is 0 Å². The summed E-state index contributed by atoms with van der Waals surface area (Å²) in [7, 11) is 0. The van der Waals surface area contributed by atoms with Crippen LogP contribution in [0.2, 0.25) is 0 Å². The van der Waals surface area contributed by atoms with E-state index < -0.39 is 0 Å². The number of fused-ring (bicyclic) bond motifs is 1. The Bertz CT molecular complexity index is 291. The van der Waals surface area contributed by atoms with Gasteiger partial charge in [0.25, 0.3) is 0 Å². The standard InChI is InChI=1S/C12H19NS/c1-11(2)9-5-8(7-13)12(3,14-4)6-10(9)11/h8-10H,5-6H2,1-4H3/t8-,9+,10-,12+/m0/s1. The molecule has 0 aromatic rings. The molecule has 4 atom stereocenters. The molecule has 0 amide bonds. The monoisotopic (exact) mass is 209 g/mol. The van der Waals surface area contributed by atoms with E-state index in [4.69, 9.17) is 0 Å². The van der Waals surface area contributed by atoms with Crippen LogP contribution < -0.4 is 0 Å². The molecule has 2 fully saturated rings. The number of rotatable bonds is 1. The maximum Gasteiger partial charge on any atom is 0.0670 e. The summed E-state index contributed by atoms with van der Waals surface area (Å²) in [5.74, 6) is 1.97. The highest BCUT2D eigenvalue weighted by Gasteiger charge is 2.63. The van der Waals surface area contributed by atoms with E-state index in [-0.39, 0.29) is 10.7 Å². The topological polar surface area (TPSA) is 23.8 Å². The summed E-state index contributed by atoms with van der Waals surface area (Å²) in [5.41, 5.74) is 0.516. The van der Waals surface area contributed by atoms with Crippen molar-refractivity contribution in [1.29, 1.82) is 5.26 Å². The highest BCUT2D eigenvalue weighted by Crippen LogP contribution is 2.69. The number of hydrogen-bond donors (Lipinski definition) is 0. The summed E-state index contributed by atoms with van der Waals surface area (Å²) in [6, 6.07) is 2.52. The fraction of sp³-hybridized carbons (Fsp3) is 0.917. The summed E-state index contributed by atoms with van der Waals surface area (Å²) in [4.78, 5) is 0. The molecule has 0 aromatic carbocycles. The minimum absolute atomic E-state index is 0.212. The van der Waals surface area contributed by atoms with Gasteiger partial charge < -0.3 is 0 Å². The first-order valence-corrected chi connectivity index (χ1v) is 6.63. The van der Waals surface area contributed by atoms with Crippen molar-refractivity contribution in [3.05, 3.63) is 0 Å². The van der Waals surface area contributed by atoms with Crippen molar-refractivity contribution in [3.63, 3.8) is 0 Å². The molecule has 0 saturated heterocycles. The molecule has 14 heavy (non-hydrogen) atoms. The molecule has 0 bridgehead atoms. The van der Waals surface area contributed by atoms with Gasteiger partial charge in [-0.2, -0.15) is 17.0 Å². The van der Waals surface area contributed by atoms with Gasteiger partial charge in [-0.3, -0.25) is 0 Å². The highest BCUT2D eigenvalue weighted by molar-refractivity contribution is 8.00. The van der Waals surface area contributed by atoms with E-state index >= 15 is 0 Å². The van der Waals surface area contributed by atoms with Crippen LogP contribution in [-0.4, -0.2) is 11.0 Å². The third-order valence-corrected chi connectivity index (χ3v) is 6.15. The van der Waals surface area contributed by atoms with E-state index in [0.717, 1.165) is 18.3 Å². The second-order valence-corrected chi connectivity index (χ2v) is 7.01. The number of nitriles is 1. The van der Waals surface area contributed by atoms with Gasteiger partial charge >= 0.3 is 0 Å². The van der Waals surface area contributed by atoms with Crippen LogP contribution >= 0.6 is 11.8 Å². The first-order chi connectivity index (χ1) is 6.45. The maximum absolute atomic E-state index is 9.20. The van der Waals surface area contributed by atoms with E-state index in [2.05, 4.69) is 33.1 Å². The molecule has 2 aliphatic carbocycles. The minimum atomic E-state index is 0.212. The molecule has 1 nitrogen and oxygen atoms in total. The molecule has 78 valence electrons. The SMILES string of the molecule is CS[C@]1(C)C[C@H]2[C@@H](C[C@H]1C#N)C2(C)C. The second-order valence-electron chi connectivity index (χ2n) is 5.67. The summed E-state index contributed by atoms with van der Waals surface area (Å²) in [6.45, 7) is 7.00. The Balaban J connectivity index is 2.20. The fourth-order valence-corrected chi connectivity index (χ4v) is 4.01. The first-order valence-electron chi connectivity index (χ1n) is 5.40. The van der Waals surface area contributed by atoms with Crippen LogP contribution in [0.15, 0.2) is 0 Å². The Morgan fingerprint density at radius 2 is 1.93 bits per heavy atom. The van der Waals surface area contributed by atoms with Gasteiger partial charge in [0.15, 0.2) is 0 Å². The average molecular weight is 209 g/mol. The van der Waals surface area contributed by atoms with Crippen molar-refractivity contribution in [2.24, 2.45) is 23.2 Å². The predicted molar refractivity (Wildman–Crippen MR) is 61.0 cm³/mol. The molecular weight excluding hydrogens is 190 g/mol. The molecule has 0 aliphatic heterocycles. The third kappa shape index (κ3) is 1.21. The number of thioether (sulfide) groups is 1. The first kappa shape index (κ1) is 10.4. The number of hydrogen-bond acceptors (Lipinski definition) is 2. The van der Waals surface area contributed by atoms with Crippen LogP contribution in [0.25, 0.3) is 0 Å². The summed E-state index contributed by atoms with van der Waals surface area (Å²) < 4.78 is 0.212. The Morgan fingerprint density at radius 3 is 2.43 bits per heavy atom. The summed E-state index contributed by atoms with van der Waals surface area (Å²) >= 11 is 1.89. The zero-order valence-electron chi connectivity index (χ0n) is 9.50. The molecule has 2 heteroatoms. The van der Waals surface area contributed by atoms with Crippen LogP contribution in [0.1, 0.15) is 33.6 Å². The van der Waals surface area contributed by atoms with Crippen molar-refractivity contribution >= 4 is 11.8 Å². The molecule has 2 saturated carbocycles. The lowest BCUT2D eigenvalue weighted by Gasteiger charge is -2.35. The van der Waals surface area contributed by atoms with Crippen molar-refractivity contribution in [2.45, 2.75) is 38.4 Å². The molecule has 0 heterocycles. The second kappa shape index (κ2) is 2.92. The molecule has 2 rings (SSSR count). The van der Waals surface area contributed by atoms with Crippen LogP contribution in [-0.2, 0) is 0 Å². The molecule has 0 unspecified atom stereocenters. The van der Waals surface area contributed by atoms with Gasteiger partial charge in [0, 0.05) is 4.75 Å². The minimum Gasteiger partial charge on any atom is -0.198 e. The smallest absolute Gasteiger partial charge is 0.0670 e. The lowest BCUT2D eigenvalue weighted by atomic mass is 9.80. The molecule has 0 N–H and O–H groups in total. The van der Waals surface area contributed by atoms with Gasteiger partial charge in [0.05, 0.1) is 12.0 Å². The van der Waals surface area contributed by atoms with Gasteiger partial charge in [-0.15, -0.1) is 0 Å². The van der Waals surface area contributed by atoms with Gasteiger partial charge in [-0.05, 0) is 43.3 Å². The molecule has 0 spiro atoms. The van der Waals surface area contributed by atoms with E-state index in [1.54, 1.807) is 0 Å². The van der Waals surface area contributed by atoms with Gasteiger partial charge in [-0.1, -0.05) is 13.8 Å². The van der Waals surface area contributed by atoms with Crippen molar-refractivity contribution in [3.8, 4) is 6.07 Å². The van der Waals surface area contributed by atoms with E-state index in [1.807, 2.05) is 11.8 Å². The average Bonchev–Trinajstić information content (AvgIpc) is 2.66. The molecule has 0 aromatic heterocycles. The van der Waals surface area contributed by atoms with E-state index in [1.165, 1.54) is 6.42 Å². The van der Waals surface area contributed by atoms with Crippen LogP contribution in [0, 0.1) is 34.5 Å². The lowest BCUT2D eigenvalue weighted by Crippen LogP contribution is -2.34. The summed E-state index contributed by atoms with van der Waals surface area (Å²) in [5, 5.41) is 9.20. The van der Waals surface area contributed by atoms with E-state index in [9.17, 15) is 5.26 Å². The Hall–Kier alpha value is -0.160. The van der Waals surface area contributed by atoms with Crippen molar-refractivity contribution in [2.75, 3.05) is 6.26 Å². The van der Waals surface area contributed by atoms with Crippen LogP contribution in [0.3, 0.4) is 0 Å². The van der Waals surface area contributed by atoms with Crippen molar-refractivity contribution < 1.29 is 0 Å². The Morgan fingerprint density at radius 1 is 1.29 bits per heavy atom. The van der Waals surface area contributed by atoms with Gasteiger partial charge in [0.1, 0.15) is 0 Å². The Labute approximate surface area is 91.3 Å². The third-order valence-electron chi connectivity index (χ3n) is 4.76. The highest BCUT2D eigenvalue weighted by atomic mass is 32.2. The zero-order chi connectivity index (χ0) is 10.6. The molecule has 2 aliphatic rings. The number of nitrogens with zero attached hydrogens (tertiary/aromatic N) is 1. The predicted octanol–water partition coefficient (Wildman–Crippen LogP) is 3.31. The Kier molecular flexibility index (Phi) is 2.16. The summed E-state index contributed by atoms with van der Waals surface area (Å²) in [6.07, 6.45) is 4.52. The molecule has 0 radical (unpaired) electrons. The van der Waals surface area contributed by atoms with Crippen LogP contribution in [0.5, 0.6) is 0 Å². The van der Waals surface area contributed by atoms with Gasteiger partial charge in [-0.25, -0.2) is 0 Å². The zero-order valence-corrected chi connectivity index (χ0v) is 10.3.